The highest BCUT2D eigenvalue weighted by atomic mass is 16.4. The maximum atomic E-state index is 10.0. The van der Waals surface area contributed by atoms with E-state index in [1.54, 1.807) is 12.1 Å². The van der Waals surface area contributed by atoms with Gasteiger partial charge >= 0.3 is 6.09 Å². The van der Waals surface area contributed by atoms with E-state index in [0.29, 0.717) is 5.69 Å². The van der Waals surface area contributed by atoms with Crippen LogP contribution in [0.2, 0.25) is 0 Å². The standard InChI is InChI=1S/C6H6N2O2/c9-6(10)8-5-1-3-7-4-2-5/h1-4H,(H,7,8)(H,9,10). The van der Waals surface area contributed by atoms with Crippen molar-refractivity contribution in [3.05, 3.63) is 24.5 Å². The van der Waals surface area contributed by atoms with Crippen molar-refractivity contribution < 1.29 is 9.90 Å². The van der Waals surface area contributed by atoms with Gasteiger partial charge in [0, 0.05) is 18.1 Å². The Morgan fingerprint density at radius 1 is 1.50 bits per heavy atom. The average molecular weight is 138 g/mol. The van der Waals surface area contributed by atoms with Crippen molar-refractivity contribution in [2.24, 2.45) is 0 Å². The zero-order valence-electron chi connectivity index (χ0n) is 5.11. The minimum absolute atomic E-state index is 0.530. The van der Waals surface area contributed by atoms with E-state index >= 15 is 0 Å². The maximum Gasteiger partial charge on any atom is 0.409 e. The number of anilines is 1. The second-order valence-electron chi connectivity index (χ2n) is 1.67. The molecule has 1 heterocycles. The third-order valence-corrected chi connectivity index (χ3v) is 0.932. The first-order valence-corrected chi connectivity index (χ1v) is 2.69. The van der Waals surface area contributed by atoms with E-state index < -0.39 is 6.09 Å². The lowest BCUT2D eigenvalue weighted by molar-refractivity contribution is 0.210. The first-order chi connectivity index (χ1) is 4.79. The van der Waals surface area contributed by atoms with E-state index in [4.69, 9.17) is 5.11 Å². The molecule has 0 saturated heterocycles. The van der Waals surface area contributed by atoms with Crippen molar-refractivity contribution in [2.75, 3.05) is 5.32 Å². The fourth-order valence-electron chi connectivity index (χ4n) is 0.559. The van der Waals surface area contributed by atoms with Gasteiger partial charge in [-0.25, -0.2) is 4.79 Å². The largest absolute Gasteiger partial charge is 0.465 e. The number of rotatable bonds is 1. The molecule has 1 aromatic rings. The Morgan fingerprint density at radius 3 is 2.60 bits per heavy atom. The zero-order valence-corrected chi connectivity index (χ0v) is 5.11. The topological polar surface area (TPSA) is 62.2 Å². The Balaban J connectivity index is 2.67. The van der Waals surface area contributed by atoms with E-state index in [-0.39, 0.29) is 0 Å². The quantitative estimate of drug-likeness (QED) is 0.612. The molecule has 0 aliphatic carbocycles. The third-order valence-electron chi connectivity index (χ3n) is 0.932. The summed E-state index contributed by atoms with van der Waals surface area (Å²) in [6, 6.07) is 3.16. The van der Waals surface area contributed by atoms with Crippen molar-refractivity contribution in [2.45, 2.75) is 0 Å². The van der Waals surface area contributed by atoms with Crippen LogP contribution in [-0.2, 0) is 0 Å². The summed E-state index contributed by atoms with van der Waals surface area (Å²) >= 11 is 0. The van der Waals surface area contributed by atoms with Gasteiger partial charge in [-0.15, -0.1) is 0 Å². The molecular weight excluding hydrogens is 132 g/mol. The minimum atomic E-state index is -1.06. The molecule has 0 atom stereocenters. The van der Waals surface area contributed by atoms with Crippen molar-refractivity contribution in [3.8, 4) is 0 Å². The molecule has 0 spiro atoms. The van der Waals surface area contributed by atoms with Crippen molar-refractivity contribution in [1.29, 1.82) is 0 Å². The summed E-state index contributed by atoms with van der Waals surface area (Å²) < 4.78 is 0. The number of hydrogen-bond acceptors (Lipinski definition) is 2. The number of nitrogens with one attached hydrogen (secondary N) is 1. The number of carboxylic acid groups (broad SMARTS) is 1. The molecule has 2 N–H and O–H groups in total. The summed E-state index contributed by atoms with van der Waals surface area (Å²) in [5, 5.41) is 10.4. The summed E-state index contributed by atoms with van der Waals surface area (Å²) in [7, 11) is 0. The molecule has 0 aromatic carbocycles. The average Bonchev–Trinajstić information content (AvgIpc) is 1.88. The fourth-order valence-corrected chi connectivity index (χ4v) is 0.559. The summed E-state index contributed by atoms with van der Waals surface area (Å²) in [4.78, 5) is 13.8. The molecule has 0 bridgehead atoms. The predicted octanol–water partition coefficient (Wildman–Crippen LogP) is 1.17. The lowest BCUT2D eigenvalue weighted by Crippen LogP contribution is -2.06. The molecule has 0 aliphatic rings. The molecule has 4 nitrogen and oxygen atoms in total. The second kappa shape index (κ2) is 2.82. The molecule has 1 rings (SSSR count). The maximum absolute atomic E-state index is 10.0. The van der Waals surface area contributed by atoms with Gasteiger partial charge in [0.05, 0.1) is 0 Å². The lowest BCUT2D eigenvalue weighted by atomic mass is 10.4. The SMILES string of the molecule is O=C(O)Nc1ccncc1. The van der Waals surface area contributed by atoms with Crippen molar-refractivity contribution in [1.82, 2.24) is 4.98 Å². The highest BCUT2D eigenvalue weighted by Gasteiger charge is 1.93. The Morgan fingerprint density at radius 2 is 2.10 bits per heavy atom. The van der Waals surface area contributed by atoms with Crippen LogP contribution in [0.25, 0.3) is 0 Å². The first-order valence-electron chi connectivity index (χ1n) is 2.69. The van der Waals surface area contributed by atoms with E-state index in [1.807, 2.05) is 0 Å². The van der Waals surface area contributed by atoms with E-state index in [2.05, 4.69) is 10.3 Å². The molecule has 1 amide bonds. The monoisotopic (exact) mass is 138 g/mol. The smallest absolute Gasteiger partial charge is 0.409 e. The normalized spacial score (nSPS) is 8.80. The van der Waals surface area contributed by atoms with Gasteiger partial charge in [0.2, 0.25) is 0 Å². The molecule has 10 heavy (non-hydrogen) atoms. The number of pyridine rings is 1. The Bertz CT molecular complexity index is 222. The number of aromatic nitrogens is 1. The molecule has 4 heteroatoms. The molecule has 0 radical (unpaired) electrons. The van der Waals surface area contributed by atoms with Crippen LogP contribution in [0.4, 0.5) is 10.5 Å². The highest BCUT2D eigenvalue weighted by molar-refractivity contribution is 5.82. The van der Waals surface area contributed by atoms with Gasteiger partial charge in [-0.3, -0.25) is 10.3 Å². The number of hydrogen-bond donors (Lipinski definition) is 2. The molecule has 1 aromatic heterocycles. The second-order valence-corrected chi connectivity index (χ2v) is 1.67. The van der Waals surface area contributed by atoms with Crippen molar-refractivity contribution in [3.63, 3.8) is 0 Å². The predicted molar refractivity (Wildman–Crippen MR) is 35.9 cm³/mol. The van der Waals surface area contributed by atoms with Crippen LogP contribution in [0.3, 0.4) is 0 Å². The van der Waals surface area contributed by atoms with Gasteiger partial charge in [0.1, 0.15) is 0 Å². The number of nitrogens with zero attached hydrogens (tertiary/aromatic N) is 1. The van der Waals surface area contributed by atoms with Crippen LogP contribution < -0.4 is 5.32 Å². The van der Waals surface area contributed by atoms with Gasteiger partial charge in [0.25, 0.3) is 0 Å². The van der Waals surface area contributed by atoms with E-state index in [9.17, 15) is 4.79 Å². The highest BCUT2D eigenvalue weighted by Crippen LogP contribution is 2.01. The Hall–Kier alpha value is -1.58. The Labute approximate surface area is 57.5 Å². The van der Waals surface area contributed by atoms with Crippen molar-refractivity contribution >= 4 is 11.8 Å². The van der Waals surface area contributed by atoms with Gasteiger partial charge in [-0.05, 0) is 12.1 Å². The molecule has 0 fully saturated rings. The summed E-state index contributed by atoms with van der Waals surface area (Å²) in [6.07, 6.45) is 1.97. The minimum Gasteiger partial charge on any atom is -0.465 e. The third kappa shape index (κ3) is 1.74. The molecule has 0 aliphatic heterocycles. The van der Waals surface area contributed by atoms with E-state index in [0.717, 1.165) is 0 Å². The zero-order chi connectivity index (χ0) is 7.40. The van der Waals surface area contributed by atoms with Gasteiger partial charge < -0.3 is 5.11 Å². The van der Waals surface area contributed by atoms with Gasteiger partial charge in [-0.1, -0.05) is 0 Å². The van der Waals surface area contributed by atoms with Crippen LogP contribution in [0.15, 0.2) is 24.5 Å². The molecule has 52 valence electrons. The van der Waals surface area contributed by atoms with Gasteiger partial charge in [-0.2, -0.15) is 0 Å². The molecule has 0 unspecified atom stereocenters. The Kier molecular flexibility index (Phi) is 1.84. The summed E-state index contributed by atoms with van der Waals surface area (Å²) in [5.74, 6) is 0. The molecular formula is C6H6N2O2. The van der Waals surface area contributed by atoms with Crippen LogP contribution >= 0.6 is 0 Å². The number of amides is 1. The van der Waals surface area contributed by atoms with Crippen LogP contribution in [0, 0.1) is 0 Å². The van der Waals surface area contributed by atoms with E-state index in [1.165, 1.54) is 12.4 Å². The first kappa shape index (κ1) is 6.54. The van der Waals surface area contributed by atoms with Crippen LogP contribution in [-0.4, -0.2) is 16.2 Å². The summed E-state index contributed by atoms with van der Waals surface area (Å²) in [6.45, 7) is 0. The van der Waals surface area contributed by atoms with Crippen LogP contribution in [0.5, 0.6) is 0 Å². The van der Waals surface area contributed by atoms with Gasteiger partial charge in [0.15, 0.2) is 0 Å². The fraction of sp³-hybridized carbons (Fsp3) is 0. The summed E-state index contributed by atoms with van der Waals surface area (Å²) in [5.41, 5.74) is 0.530. The molecule has 0 saturated carbocycles. The lowest BCUT2D eigenvalue weighted by Gasteiger charge is -1.96. The van der Waals surface area contributed by atoms with Crippen LogP contribution in [0.1, 0.15) is 0 Å². The number of carbonyl (C=O) groups is 1.